The Kier molecular flexibility index (Phi) is 4.81. The Labute approximate surface area is 102 Å². The molecule has 0 spiro atoms. The van der Waals surface area contributed by atoms with Crippen LogP contribution in [0.2, 0.25) is 0 Å². The number of hydrogen-bond acceptors (Lipinski definition) is 4. The van der Waals surface area contributed by atoms with E-state index in [9.17, 15) is 4.79 Å². The lowest BCUT2D eigenvalue weighted by Gasteiger charge is -2.33. The van der Waals surface area contributed by atoms with Crippen molar-refractivity contribution in [2.45, 2.75) is 32.5 Å². The van der Waals surface area contributed by atoms with Crippen molar-refractivity contribution in [2.75, 3.05) is 26.8 Å². The molecule has 1 rings (SSSR count). The molecular formula is C12H21NO4. The Morgan fingerprint density at radius 2 is 2.18 bits per heavy atom. The van der Waals surface area contributed by atoms with Gasteiger partial charge in [0.25, 0.3) is 0 Å². The molecule has 1 heterocycles. The summed E-state index contributed by atoms with van der Waals surface area (Å²) in [6.45, 7) is 7.13. The zero-order chi connectivity index (χ0) is 12.9. The van der Waals surface area contributed by atoms with Crippen molar-refractivity contribution in [2.24, 2.45) is 0 Å². The molecule has 17 heavy (non-hydrogen) atoms. The number of rotatable bonds is 2. The average molecular weight is 243 g/mol. The summed E-state index contributed by atoms with van der Waals surface area (Å²) in [5.74, 6) is 0. The van der Waals surface area contributed by atoms with Gasteiger partial charge in [0.1, 0.15) is 5.60 Å². The van der Waals surface area contributed by atoms with Crippen LogP contribution < -0.4 is 0 Å². The fourth-order valence-electron chi connectivity index (χ4n) is 1.45. The van der Waals surface area contributed by atoms with Crippen LogP contribution >= 0.6 is 0 Å². The number of carbonyl (C=O) groups excluding carboxylic acids is 1. The minimum absolute atomic E-state index is 0.129. The van der Waals surface area contributed by atoms with Crippen molar-refractivity contribution < 1.29 is 19.0 Å². The van der Waals surface area contributed by atoms with Gasteiger partial charge in [-0.15, -0.1) is 0 Å². The van der Waals surface area contributed by atoms with Crippen LogP contribution in [-0.2, 0) is 14.2 Å². The molecule has 1 aliphatic heterocycles. The zero-order valence-electron chi connectivity index (χ0n) is 10.9. The zero-order valence-corrected chi connectivity index (χ0v) is 10.9. The molecule has 1 fully saturated rings. The summed E-state index contributed by atoms with van der Waals surface area (Å²) in [6, 6.07) is 0. The quantitative estimate of drug-likeness (QED) is 0.694. The van der Waals surface area contributed by atoms with Crippen LogP contribution in [0, 0.1) is 0 Å². The smallest absolute Gasteiger partial charge is 0.410 e. The summed E-state index contributed by atoms with van der Waals surface area (Å²) >= 11 is 0. The summed E-state index contributed by atoms with van der Waals surface area (Å²) < 4.78 is 15.6. The van der Waals surface area contributed by atoms with Gasteiger partial charge in [-0.2, -0.15) is 0 Å². The molecule has 1 saturated heterocycles. The third kappa shape index (κ3) is 5.08. The van der Waals surface area contributed by atoms with E-state index in [0.717, 1.165) is 0 Å². The number of morpholine rings is 1. The monoisotopic (exact) mass is 243 g/mol. The highest BCUT2D eigenvalue weighted by molar-refractivity contribution is 5.68. The molecule has 0 saturated carbocycles. The first-order chi connectivity index (χ1) is 7.92. The molecule has 0 bridgehead atoms. The summed E-state index contributed by atoms with van der Waals surface area (Å²) in [5.41, 5.74) is -0.465. The molecule has 0 aromatic heterocycles. The maximum atomic E-state index is 11.8. The normalized spacial score (nSPS) is 21.6. The second-order valence-corrected chi connectivity index (χ2v) is 4.90. The van der Waals surface area contributed by atoms with E-state index >= 15 is 0 Å². The molecule has 0 radical (unpaired) electrons. The Balaban J connectivity index is 2.49. The predicted molar refractivity (Wildman–Crippen MR) is 63.7 cm³/mol. The van der Waals surface area contributed by atoms with Crippen LogP contribution in [0.3, 0.4) is 0 Å². The molecular weight excluding hydrogens is 222 g/mol. The van der Waals surface area contributed by atoms with Crippen molar-refractivity contribution in [3.8, 4) is 0 Å². The van der Waals surface area contributed by atoms with E-state index in [1.807, 2.05) is 20.8 Å². The summed E-state index contributed by atoms with van der Waals surface area (Å²) in [6.07, 6.45) is 2.92. The minimum atomic E-state index is -0.465. The van der Waals surface area contributed by atoms with E-state index in [-0.39, 0.29) is 12.2 Å². The van der Waals surface area contributed by atoms with Gasteiger partial charge >= 0.3 is 6.09 Å². The maximum Gasteiger partial charge on any atom is 0.410 e. The Bertz CT molecular complexity index is 283. The van der Waals surface area contributed by atoms with Gasteiger partial charge in [0.15, 0.2) is 0 Å². The van der Waals surface area contributed by atoms with Crippen LogP contribution in [0.5, 0.6) is 0 Å². The topological polar surface area (TPSA) is 48.0 Å². The lowest BCUT2D eigenvalue weighted by molar-refractivity contribution is -0.0269. The molecule has 1 amide bonds. The largest absolute Gasteiger partial charge is 0.505 e. The molecule has 1 aliphatic rings. The second kappa shape index (κ2) is 5.91. The lowest BCUT2D eigenvalue weighted by atomic mass is 10.2. The molecule has 5 heteroatoms. The first kappa shape index (κ1) is 13.8. The molecule has 0 aliphatic carbocycles. The van der Waals surface area contributed by atoms with Gasteiger partial charge in [-0.05, 0) is 26.8 Å². The van der Waals surface area contributed by atoms with E-state index < -0.39 is 5.60 Å². The summed E-state index contributed by atoms with van der Waals surface area (Å²) in [4.78, 5) is 13.5. The van der Waals surface area contributed by atoms with Crippen LogP contribution in [-0.4, -0.2) is 49.5 Å². The molecule has 0 aromatic rings. The highest BCUT2D eigenvalue weighted by Gasteiger charge is 2.26. The second-order valence-electron chi connectivity index (χ2n) is 4.90. The van der Waals surface area contributed by atoms with Crippen LogP contribution in [0.1, 0.15) is 20.8 Å². The van der Waals surface area contributed by atoms with Crippen molar-refractivity contribution in [3.05, 3.63) is 12.3 Å². The Morgan fingerprint density at radius 3 is 2.76 bits per heavy atom. The van der Waals surface area contributed by atoms with E-state index in [0.29, 0.717) is 19.7 Å². The van der Waals surface area contributed by atoms with Gasteiger partial charge in [0.05, 0.1) is 32.6 Å². The number of amides is 1. The number of nitrogens with zero attached hydrogens (tertiary/aromatic N) is 1. The van der Waals surface area contributed by atoms with Crippen LogP contribution in [0.4, 0.5) is 4.79 Å². The van der Waals surface area contributed by atoms with Crippen molar-refractivity contribution in [1.82, 2.24) is 4.90 Å². The standard InChI is InChI=1S/C12H21NO4/c1-12(2,3)17-11(14)13-6-8-16-10(9-13)5-7-15-4/h5,7,10H,6,8-9H2,1-4H3. The molecule has 1 atom stereocenters. The maximum absolute atomic E-state index is 11.8. The number of methoxy groups -OCH3 is 1. The van der Waals surface area contributed by atoms with Gasteiger partial charge in [-0.1, -0.05) is 0 Å². The predicted octanol–water partition coefficient (Wildman–Crippen LogP) is 1.78. The van der Waals surface area contributed by atoms with Gasteiger partial charge in [-0.3, -0.25) is 0 Å². The minimum Gasteiger partial charge on any atom is -0.505 e. The van der Waals surface area contributed by atoms with Gasteiger partial charge in [0.2, 0.25) is 0 Å². The fraction of sp³-hybridized carbons (Fsp3) is 0.750. The van der Waals surface area contributed by atoms with E-state index in [4.69, 9.17) is 14.2 Å². The molecule has 0 N–H and O–H groups in total. The first-order valence-electron chi connectivity index (χ1n) is 5.71. The van der Waals surface area contributed by atoms with Crippen LogP contribution in [0.25, 0.3) is 0 Å². The van der Waals surface area contributed by atoms with E-state index in [1.54, 1.807) is 24.3 Å². The van der Waals surface area contributed by atoms with Gasteiger partial charge in [0, 0.05) is 6.54 Å². The number of carbonyl (C=O) groups is 1. The first-order valence-corrected chi connectivity index (χ1v) is 5.71. The highest BCUT2D eigenvalue weighted by atomic mass is 16.6. The highest BCUT2D eigenvalue weighted by Crippen LogP contribution is 2.13. The third-order valence-electron chi connectivity index (χ3n) is 2.17. The molecule has 1 unspecified atom stereocenters. The van der Waals surface area contributed by atoms with Crippen molar-refractivity contribution >= 4 is 6.09 Å². The molecule has 5 nitrogen and oxygen atoms in total. The van der Waals surface area contributed by atoms with E-state index in [1.165, 1.54) is 0 Å². The SMILES string of the molecule is COC=CC1CN(C(=O)OC(C)(C)C)CCO1. The summed E-state index contributed by atoms with van der Waals surface area (Å²) in [5, 5.41) is 0. The average Bonchev–Trinajstić information content (AvgIpc) is 2.24. The third-order valence-corrected chi connectivity index (χ3v) is 2.17. The number of hydrogen-bond donors (Lipinski definition) is 0. The molecule has 98 valence electrons. The Hall–Kier alpha value is -1.23. The lowest BCUT2D eigenvalue weighted by Crippen LogP contribution is -2.46. The van der Waals surface area contributed by atoms with Gasteiger partial charge < -0.3 is 19.1 Å². The fourth-order valence-corrected chi connectivity index (χ4v) is 1.45. The van der Waals surface area contributed by atoms with Gasteiger partial charge in [-0.25, -0.2) is 4.79 Å². The van der Waals surface area contributed by atoms with Crippen LogP contribution in [0.15, 0.2) is 12.3 Å². The van der Waals surface area contributed by atoms with Crippen molar-refractivity contribution in [1.29, 1.82) is 0 Å². The number of ether oxygens (including phenoxy) is 3. The summed E-state index contributed by atoms with van der Waals surface area (Å²) in [7, 11) is 1.57. The molecule has 0 aromatic carbocycles. The Morgan fingerprint density at radius 1 is 1.47 bits per heavy atom. The van der Waals surface area contributed by atoms with Crippen molar-refractivity contribution in [3.63, 3.8) is 0 Å². The van der Waals surface area contributed by atoms with E-state index in [2.05, 4.69) is 0 Å².